The molecule has 4 nitrogen and oxygen atoms in total. The van der Waals surface area contributed by atoms with E-state index in [-0.39, 0.29) is 12.5 Å². The summed E-state index contributed by atoms with van der Waals surface area (Å²) in [6, 6.07) is 26.4. The average Bonchev–Trinajstić information content (AvgIpc) is 2.75. The van der Waals surface area contributed by atoms with E-state index < -0.39 is 0 Å². The molecule has 0 heterocycles. The fourth-order valence-corrected chi connectivity index (χ4v) is 2.51. The van der Waals surface area contributed by atoms with Crippen molar-refractivity contribution < 1.29 is 9.53 Å². The lowest BCUT2D eigenvalue weighted by Crippen LogP contribution is -2.25. The number of amides is 1. The zero-order chi connectivity index (χ0) is 19.6. The van der Waals surface area contributed by atoms with Gasteiger partial charge in [-0.3, -0.25) is 4.79 Å². The van der Waals surface area contributed by atoms with Gasteiger partial charge >= 0.3 is 0 Å². The number of halogens is 1. The molecule has 140 valence electrons. The van der Waals surface area contributed by atoms with E-state index in [0.29, 0.717) is 16.5 Å². The summed E-state index contributed by atoms with van der Waals surface area (Å²) in [7, 11) is 0. The topological polar surface area (TPSA) is 50.7 Å². The molecule has 3 aromatic carbocycles. The normalized spacial score (nSPS) is 11.4. The van der Waals surface area contributed by atoms with Crippen LogP contribution in [-0.4, -0.2) is 18.2 Å². The third-order valence-electron chi connectivity index (χ3n) is 3.79. The third-order valence-corrected chi connectivity index (χ3v) is 4.04. The van der Waals surface area contributed by atoms with Gasteiger partial charge in [-0.15, -0.1) is 0 Å². The standard InChI is InChI=1S/C23H19ClN2O2/c24-20-12-14-21(15-13-20)28-17-23(27)26-25-22(19-9-5-2-6-10-19)16-11-18-7-3-1-4-8-18/h1-16H,17H2,(H,26,27)/b16-11-,25-22+. The molecule has 0 unspecified atom stereocenters. The van der Waals surface area contributed by atoms with E-state index in [1.54, 1.807) is 24.3 Å². The fourth-order valence-electron chi connectivity index (χ4n) is 2.38. The molecule has 0 bridgehead atoms. The van der Waals surface area contributed by atoms with E-state index in [4.69, 9.17) is 16.3 Å². The van der Waals surface area contributed by atoms with Crippen LogP contribution in [-0.2, 0) is 4.79 Å². The zero-order valence-electron chi connectivity index (χ0n) is 15.1. The van der Waals surface area contributed by atoms with Crippen LogP contribution in [0.1, 0.15) is 11.1 Å². The highest BCUT2D eigenvalue weighted by Gasteiger charge is 2.04. The van der Waals surface area contributed by atoms with Gasteiger partial charge in [0, 0.05) is 10.6 Å². The number of carbonyl (C=O) groups excluding carboxylic acids is 1. The molecule has 0 aromatic heterocycles. The van der Waals surface area contributed by atoms with Crippen LogP contribution in [0, 0.1) is 0 Å². The van der Waals surface area contributed by atoms with Crippen molar-refractivity contribution in [1.82, 2.24) is 5.43 Å². The highest BCUT2D eigenvalue weighted by atomic mass is 35.5. The fraction of sp³-hybridized carbons (Fsp3) is 0.0435. The summed E-state index contributed by atoms with van der Waals surface area (Å²) in [5, 5.41) is 4.87. The molecule has 3 aromatic rings. The summed E-state index contributed by atoms with van der Waals surface area (Å²) in [4.78, 5) is 12.1. The summed E-state index contributed by atoms with van der Waals surface area (Å²) in [6.45, 7) is -0.143. The Morgan fingerprint density at radius 1 is 0.929 bits per heavy atom. The Labute approximate surface area is 169 Å². The quantitative estimate of drug-likeness (QED) is 0.458. The van der Waals surface area contributed by atoms with Crippen LogP contribution in [0.5, 0.6) is 5.75 Å². The molecule has 0 aliphatic heterocycles. The second-order valence-corrected chi connectivity index (χ2v) is 6.32. The average molecular weight is 391 g/mol. The van der Waals surface area contributed by atoms with Gasteiger partial charge in [0.1, 0.15) is 5.75 Å². The first-order chi connectivity index (χ1) is 13.7. The van der Waals surface area contributed by atoms with Crippen molar-refractivity contribution in [3.05, 3.63) is 107 Å². The zero-order valence-corrected chi connectivity index (χ0v) is 15.8. The van der Waals surface area contributed by atoms with E-state index in [2.05, 4.69) is 10.5 Å². The first kappa shape index (κ1) is 19.4. The molecular formula is C23H19ClN2O2. The number of hydrogen-bond acceptors (Lipinski definition) is 3. The molecule has 1 amide bonds. The van der Waals surface area contributed by atoms with E-state index in [0.717, 1.165) is 11.1 Å². The SMILES string of the molecule is O=C(COc1ccc(Cl)cc1)N/N=C(\C=C/c1ccccc1)c1ccccc1. The molecule has 28 heavy (non-hydrogen) atoms. The second-order valence-electron chi connectivity index (χ2n) is 5.88. The Morgan fingerprint density at radius 3 is 2.25 bits per heavy atom. The molecule has 0 atom stereocenters. The maximum atomic E-state index is 12.1. The van der Waals surface area contributed by atoms with E-state index in [1.807, 2.05) is 72.8 Å². The van der Waals surface area contributed by atoms with Crippen molar-refractivity contribution in [2.24, 2.45) is 5.10 Å². The summed E-state index contributed by atoms with van der Waals surface area (Å²) in [6.07, 6.45) is 3.81. The lowest BCUT2D eigenvalue weighted by atomic mass is 10.1. The molecular weight excluding hydrogens is 372 g/mol. The number of nitrogens with zero attached hydrogens (tertiary/aromatic N) is 1. The van der Waals surface area contributed by atoms with Crippen molar-refractivity contribution in [3.63, 3.8) is 0 Å². The smallest absolute Gasteiger partial charge is 0.277 e. The monoisotopic (exact) mass is 390 g/mol. The molecule has 3 rings (SSSR count). The minimum Gasteiger partial charge on any atom is -0.484 e. The largest absolute Gasteiger partial charge is 0.484 e. The molecule has 5 heteroatoms. The summed E-state index contributed by atoms with van der Waals surface area (Å²) >= 11 is 5.83. The molecule has 0 spiro atoms. The Balaban J connectivity index is 1.67. The molecule has 1 N–H and O–H groups in total. The number of benzene rings is 3. The van der Waals surface area contributed by atoms with Crippen LogP contribution in [0.25, 0.3) is 6.08 Å². The van der Waals surface area contributed by atoms with Gasteiger partial charge < -0.3 is 4.74 Å². The Bertz CT molecular complexity index is 953. The van der Waals surface area contributed by atoms with Gasteiger partial charge in [-0.1, -0.05) is 78.3 Å². The lowest BCUT2D eigenvalue weighted by Gasteiger charge is -2.06. The highest BCUT2D eigenvalue weighted by Crippen LogP contribution is 2.15. The van der Waals surface area contributed by atoms with Gasteiger partial charge in [-0.25, -0.2) is 5.43 Å². The van der Waals surface area contributed by atoms with E-state index >= 15 is 0 Å². The number of hydrazone groups is 1. The third kappa shape index (κ3) is 6.11. The number of hydrogen-bond donors (Lipinski definition) is 1. The minimum atomic E-state index is -0.350. The van der Waals surface area contributed by atoms with Crippen molar-refractivity contribution in [2.45, 2.75) is 0 Å². The molecule has 0 aliphatic rings. The Morgan fingerprint density at radius 2 is 1.57 bits per heavy atom. The van der Waals surface area contributed by atoms with Gasteiger partial charge in [-0.2, -0.15) is 5.10 Å². The maximum Gasteiger partial charge on any atom is 0.277 e. The number of carbonyl (C=O) groups is 1. The molecule has 0 fully saturated rings. The predicted molar refractivity (Wildman–Crippen MR) is 114 cm³/mol. The van der Waals surface area contributed by atoms with E-state index in [9.17, 15) is 4.79 Å². The van der Waals surface area contributed by atoms with Crippen LogP contribution >= 0.6 is 11.6 Å². The number of nitrogens with one attached hydrogen (secondary N) is 1. The molecule has 0 aliphatic carbocycles. The van der Waals surface area contributed by atoms with Crippen LogP contribution in [0.15, 0.2) is 96.1 Å². The minimum absolute atomic E-state index is 0.143. The van der Waals surface area contributed by atoms with Gasteiger partial charge in [-0.05, 0) is 35.9 Å². The van der Waals surface area contributed by atoms with Crippen molar-refractivity contribution >= 4 is 29.3 Å². The van der Waals surface area contributed by atoms with Crippen LogP contribution < -0.4 is 10.2 Å². The number of allylic oxidation sites excluding steroid dienone is 1. The van der Waals surface area contributed by atoms with Crippen LogP contribution in [0.4, 0.5) is 0 Å². The van der Waals surface area contributed by atoms with Gasteiger partial charge in [0.2, 0.25) is 0 Å². The van der Waals surface area contributed by atoms with Crippen molar-refractivity contribution in [3.8, 4) is 5.75 Å². The van der Waals surface area contributed by atoms with E-state index in [1.165, 1.54) is 0 Å². The maximum absolute atomic E-state index is 12.1. The van der Waals surface area contributed by atoms with Gasteiger partial charge in [0.15, 0.2) is 6.61 Å². The number of rotatable bonds is 7. The summed E-state index contributed by atoms with van der Waals surface area (Å²) in [5.41, 5.74) is 5.13. The van der Waals surface area contributed by atoms with Crippen molar-refractivity contribution in [2.75, 3.05) is 6.61 Å². The lowest BCUT2D eigenvalue weighted by molar-refractivity contribution is -0.123. The Kier molecular flexibility index (Phi) is 6.99. The van der Waals surface area contributed by atoms with Crippen molar-refractivity contribution in [1.29, 1.82) is 0 Å². The molecule has 0 saturated carbocycles. The highest BCUT2D eigenvalue weighted by molar-refractivity contribution is 6.30. The first-order valence-corrected chi connectivity index (χ1v) is 9.12. The predicted octanol–water partition coefficient (Wildman–Crippen LogP) is 4.95. The van der Waals surface area contributed by atoms with Crippen LogP contribution in [0.2, 0.25) is 5.02 Å². The Hall–Kier alpha value is -3.37. The molecule has 0 saturated heterocycles. The first-order valence-electron chi connectivity index (χ1n) is 8.74. The summed E-state index contributed by atoms with van der Waals surface area (Å²) < 4.78 is 5.43. The van der Waals surface area contributed by atoms with Gasteiger partial charge in [0.05, 0.1) is 5.71 Å². The summed E-state index contributed by atoms with van der Waals surface area (Å²) in [5.74, 6) is 0.215. The van der Waals surface area contributed by atoms with Crippen LogP contribution in [0.3, 0.4) is 0 Å². The number of ether oxygens (including phenoxy) is 1. The second kappa shape index (κ2) is 10.1. The molecule has 0 radical (unpaired) electrons. The van der Waals surface area contributed by atoms with Gasteiger partial charge in [0.25, 0.3) is 5.91 Å².